The van der Waals surface area contributed by atoms with Crippen LogP contribution >= 0.6 is 0 Å². The molecule has 1 fully saturated rings. The molecule has 0 unspecified atom stereocenters. The number of aryl methyl sites for hydroxylation is 1. The highest BCUT2D eigenvalue weighted by Gasteiger charge is 2.30. The summed E-state index contributed by atoms with van der Waals surface area (Å²) in [6.45, 7) is 2.00. The molecule has 0 radical (unpaired) electrons. The number of hydrogen-bond donors (Lipinski definition) is 2. The molecule has 2 heterocycles. The first kappa shape index (κ1) is 13.5. The van der Waals surface area contributed by atoms with E-state index in [0.29, 0.717) is 17.2 Å². The molecule has 1 aliphatic carbocycles. The Kier molecular flexibility index (Phi) is 3.32. The lowest BCUT2D eigenvalue weighted by Gasteiger charge is -2.08. The van der Waals surface area contributed by atoms with Crippen molar-refractivity contribution in [3.05, 3.63) is 23.5 Å². The maximum absolute atomic E-state index is 11.9. The fourth-order valence-electron chi connectivity index (χ4n) is 2.21. The summed E-state index contributed by atoms with van der Waals surface area (Å²) in [5, 5.41) is 9.70. The first-order valence-electron chi connectivity index (χ1n) is 7.04. The van der Waals surface area contributed by atoms with Crippen molar-refractivity contribution in [2.24, 2.45) is 5.92 Å². The first-order valence-corrected chi connectivity index (χ1v) is 7.04. The molecule has 2 amide bonds. The van der Waals surface area contributed by atoms with Gasteiger partial charge >= 0.3 is 0 Å². The summed E-state index contributed by atoms with van der Waals surface area (Å²) in [7, 11) is 1.56. The Morgan fingerprint density at radius 2 is 2.19 bits per heavy atom. The van der Waals surface area contributed by atoms with Gasteiger partial charge < -0.3 is 10.6 Å². The molecule has 21 heavy (non-hydrogen) atoms. The zero-order valence-electron chi connectivity index (χ0n) is 12.0. The molecule has 7 heteroatoms. The van der Waals surface area contributed by atoms with Crippen LogP contribution in [0.2, 0.25) is 0 Å². The summed E-state index contributed by atoms with van der Waals surface area (Å²) < 4.78 is 1.49. The summed E-state index contributed by atoms with van der Waals surface area (Å²) in [6.07, 6.45) is 4.10. The third kappa shape index (κ3) is 2.46. The molecule has 1 aliphatic rings. The Balaban J connectivity index is 2.04. The van der Waals surface area contributed by atoms with Crippen molar-refractivity contribution in [3.63, 3.8) is 0 Å². The largest absolute Gasteiger partial charge is 0.354 e. The summed E-state index contributed by atoms with van der Waals surface area (Å²) in [4.78, 5) is 28.0. The highest BCUT2D eigenvalue weighted by Crippen LogP contribution is 2.30. The van der Waals surface area contributed by atoms with Gasteiger partial charge in [0.15, 0.2) is 17.2 Å². The van der Waals surface area contributed by atoms with Crippen LogP contribution in [-0.4, -0.2) is 33.5 Å². The molecule has 2 aromatic heterocycles. The standard InChI is InChI=1S/C14H17N5O2/c1-3-8-6-11(17-13(20)9-4-5-9)18-19-10(14(21)15-2)7-16-12(8)19/h6-7,9H,3-5H2,1-2H3,(H,15,21)(H,17,18,20). The van der Waals surface area contributed by atoms with Crippen LogP contribution in [-0.2, 0) is 11.2 Å². The van der Waals surface area contributed by atoms with Crippen molar-refractivity contribution in [2.75, 3.05) is 12.4 Å². The van der Waals surface area contributed by atoms with Gasteiger partial charge in [0.05, 0.1) is 6.20 Å². The van der Waals surface area contributed by atoms with Crippen LogP contribution in [0.4, 0.5) is 5.82 Å². The van der Waals surface area contributed by atoms with Gasteiger partial charge in [0, 0.05) is 18.5 Å². The number of anilines is 1. The molecule has 0 bridgehead atoms. The Labute approximate surface area is 121 Å². The maximum atomic E-state index is 11.9. The monoisotopic (exact) mass is 287 g/mol. The van der Waals surface area contributed by atoms with Gasteiger partial charge in [0.2, 0.25) is 5.91 Å². The lowest BCUT2D eigenvalue weighted by Crippen LogP contribution is -2.21. The van der Waals surface area contributed by atoms with Crippen molar-refractivity contribution in [1.29, 1.82) is 0 Å². The number of nitrogens with one attached hydrogen (secondary N) is 2. The van der Waals surface area contributed by atoms with E-state index < -0.39 is 0 Å². The topological polar surface area (TPSA) is 88.4 Å². The predicted molar refractivity (Wildman–Crippen MR) is 77.1 cm³/mol. The second kappa shape index (κ2) is 5.16. The number of carbonyl (C=O) groups is 2. The van der Waals surface area contributed by atoms with Crippen molar-refractivity contribution >= 4 is 23.3 Å². The second-order valence-corrected chi connectivity index (χ2v) is 5.13. The number of imidazole rings is 1. The van der Waals surface area contributed by atoms with Crippen LogP contribution in [0.3, 0.4) is 0 Å². The van der Waals surface area contributed by atoms with E-state index in [1.54, 1.807) is 7.05 Å². The van der Waals surface area contributed by atoms with Gasteiger partial charge in [-0.1, -0.05) is 6.92 Å². The normalized spacial score (nSPS) is 14.2. The van der Waals surface area contributed by atoms with E-state index in [4.69, 9.17) is 0 Å². The summed E-state index contributed by atoms with van der Waals surface area (Å²) >= 11 is 0. The Morgan fingerprint density at radius 3 is 2.81 bits per heavy atom. The van der Waals surface area contributed by atoms with Gasteiger partial charge in [0.1, 0.15) is 0 Å². The lowest BCUT2D eigenvalue weighted by atomic mass is 10.2. The second-order valence-electron chi connectivity index (χ2n) is 5.13. The quantitative estimate of drug-likeness (QED) is 0.878. The molecule has 2 N–H and O–H groups in total. The molecule has 0 saturated heterocycles. The minimum atomic E-state index is -0.261. The van der Waals surface area contributed by atoms with Crippen LogP contribution in [0.25, 0.3) is 5.65 Å². The molecule has 1 saturated carbocycles. The highest BCUT2D eigenvalue weighted by molar-refractivity contribution is 5.94. The molecule has 2 aromatic rings. The molecule has 0 atom stereocenters. The molecule has 3 rings (SSSR count). The zero-order chi connectivity index (χ0) is 15.0. The van der Waals surface area contributed by atoms with Gasteiger partial charge in [-0.05, 0) is 25.3 Å². The smallest absolute Gasteiger partial charge is 0.271 e. The minimum absolute atomic E-state index is 0.00879. The number of carbonyl (C=O) groups excluding carboxylic acids is 2. The van der Waals surface area contributed by atoms with E-state index in [9.17, 15) is 9.59 Å². The number of amides is 2. The molecular formula is C14H17N5O2. The zero-order valence-corrected chi connectivity index (χ0v) is 12.0. The van der Waals surface area contributed by atoms with Crippen LogP contribution in [0, 0.1) is 5.92 Å². The van der Waals surface area contributed by atoms with Crippen LogP contribution in [0.1, 0.15) is 35.8 Å². The molecule has 110 valence electrons. The van der Waals surface area contributed by atoms with Gasteiger partial charge in [-0.25, -0.2) is 9.50 Å². The van der Waals surface area contributed by atoms with Gasteiger partial charge in [-0.15, -0.1) is 5.10 Å². The van der Waals surface area contributed by atoms with Crippen LogP contribution in [0.5, 0.6) is 0 Å². The average Bonchev–Trinajstić information content (AvgIpc) is 3.26. The Morgan fingerprint density at radius 1 is 1.43 bits per heavy atom. The van der Waals surface area contributed by atoms with E-state index in [1.807, 2.05) is 13.0 Å². The predicted octanol–water partition coefficient (Wildman–Crippen LogP) is 1.000. The summed E-state index contributed by atoms with van der Waals surface area (Å²) in [5.41, 5.74) is 1.93. The average molecular weight is 287 g/mol. The number of hydrogen-bond acceptors (Lipinski definition) is 4. The molecule has 7 nitrogen and oxygen atoms in total. The van der Waals surface area contributed by atoms with E-state index in [-0.39, 0.29) is 17.7 Å². The molecule has 0 aromatic carbocycles. The molecule has 0 aliphatic heterocycles. The number of fused-ring (bicyclic) bond motifs is 1. The van der Waals surface area contributed by atoms with Gasteiger partial charge in [-0.2, -0.15) is 0 Å². The van der Waals surface area contributed by atoms with Gasteiger partial charge in [-0.3, -0.25) is 9.59 Å². The Hall–Kier alpha value is -2.44. The first-order chi connectivity index (χ1) is 10.1. The van der Waals surface area contributed by atoms with Crippen molar-refractivity contribution in [1.82, 2.24) is 19.9 Å². The fourth-order valence-corrected chi connectivity index (χ4v) is 2.21. The Bertz CT molecular complexity index is 717. The van der Waals surface area contributed by atoms with Crippen LogP contribution < -0.4 is 10.6 Å². The summed E-state index contributed by atoms with van der Waals surface area (Å²) in [6, 6.07) is 1.82. The van der Waals surface area contributed by atoms with Crippen molar-refractivity contribution in [2.45, 2.75) is 26.2 Å². The van der Waals surface area contributed by atoms with E-state index >= 15 is 0 Å². The number of nitrogens with zero attached hydrogens (tertiary/aromatic N) is 3. The third-order valence-electron chi connectivity index (χ3n) is 3.58. The van der Waals surface area contributed by atoms with E-state index in [2.05, 4.69) is 20.7 Å². The summed E-state index contributed by atoms with van der Waals surface area (Å²) in [5.74, 6) is 0.293. The number of aromatic nitrogens is 3. The lowest BCUT2D eigenvalue weighted by molar-refractivity contribution is -0.117. The van der Waals surface area contributed by atoms with Gasteiger partial charge in [0.25, 0.3) is 5.91 Å². The van der Waals surface area contributed by atoms with E-state index in [0.717, 1.165) is 24.8 Å². The van der Waals surface area contributed by atoms with Crippen molar-refractivity contribution in [3.8, 4) is 0 Å². The van der Waals surface area contributed by atoms with Crippen LogP contribution in [0.15, 0.2) is 12.3 Å². The highest BCUT2D eigenvalue weighted by atomic mass is 16.2. The number of rotatable bonds is 4. The maximum Gasteiger partial charge on any atom is 0.271 e. The molecule has 0 spiro atoms. The molecular weight excluding hydrogens is 270 g/mol. The SMILES string of the molecule is CCc1cc(NC(=O)C2CC2)nn2c(C(=O)NC)cnc12. The van der Waals surface area contributed by atoms with Crippen molar-refractivity contribution < 1.29 is 9.59 Å². The minimum Gasteiger partial charge on any atom is -0.354 e. The van der Waals surface area contributed by atoms with E-state index in [1.165, 1.54) is 10.7 Å². The third-order valence-corrected chi connectivity index (χ3v) is 3.58. The fraction of sp³-hybridized carbons (Fsp3) is 0.429.